The SMILES string of the molecule is O=C(Cn1cc(/C=C2\SC(=O)N(Cc3cc4c(cc3Cl)OCO4)C2=O)c2ccccc21)Nc1ccc(F)cc1. The van der Waals surface area contributed by atoms with Crippen molar-refractivity contribution in [3.63, 3.8) is 0 Å². The lowest BCUT2D eigenvalue weighted by Gasteiger charge is -2.14. The molecule has 0 atom stereocenters. The number of hydrogen-bond donors (Lipinski definition) is 1. The molecule has 2 aliphatic heterocycles. The van der Waals surface area contributed by atoms with E-state index in [1.54, 1.807) is 29.0 Å². The van der Waals surface area contributed by atoms with Crippen LogP contribution in [-0.4, -0.2) is 33.3 Å². The molecule has 1 aromatic heterocycles. The van der Waals surface area contributed by atoms with E-state index in [1.807, 2.05) is 24.3 Å². The molecule has 11 heteroatoms. The van der Waals surface area contributed by atoms with Gasteiger partial charge in [-0.1, -0.05) is 29.8 Å². The summed E-state index contributed by atoms with van der Waals surface area (Å²) in [5, 5.41) is 3.52. The molecule has 0 unspecified atom stereocenters. The average Bonchev–Trinajstić information content (AvgIpc) is 3.58. The highest BCUT2D eigenvalue weighted by Crippen LogP contribution is 2.40. The number of ether oxygens (including phenoxy) is 2. The zero-order valence-corrected chi connectivity index (χ0v) is 21.7. The number of amides is 3. The van der Waals surface area contributed by atoms with Crippen LogP contribution >= 0.6 is 23.4 Å². The van der Waals surface area contributed by atoms with Crippen LogP contribution in [0, 0.1) is 5.82 Å². The van der Waals surface area contributed by atoms with Crippen LogP contribution in [0.1, 0.15) is 11.1 Å². The molecule has 2 aliphatic rings. The fourth-order valence-corrected chi connectivity index (χ4v) is 5.48. The Morgan fingerprint density at radius 1 is 1.08 bits per heavy atom. The third-order valence-corrected chi connectivity index (χ3v) is 7.55. The molecule has 0 bridgehead atoms. The van der Waals surface area contributed by atoms with Crippen LogP contribution in [0.2, 0.25) is 5.02 Å². The number of rotatable bonds is 6. The molecule has 1 N–H and O–H groups in total. The molecule has 1 fully saturated rings. The molecule has 3 heterocycles. The molecule has 3 aromatic carbocycles. The van der Waals surface area contributed by atoms with E-state index >= 15 is 0 Å². The summed E-state index contributed by atoms with van der Waals surface area (Å²) in [4.78, 5) is 40.1. The number of aromatic nitrogens is 1. The topological polar surface area (TPSA) is 89.9 Å². The number of fused-ring (bicyclic) bond motifs is 2. The Morgan fingerprint density at radius 3 is 2.62 bits per heavy atom. The number of thioether (sulfide) groups is 1. The minimum atomic E-state index is -0.440. The van der Waals surface area contributed by atoms with Gasteiger partial charge in [0.1, 0.15) is 12.4 Å². The van der Waals surface area contributed by atoms with Gasteiger partial charge in [0.15, 0.2) is 11.5 Å². The van der Waals surface area contributed by atoms with Crippen molar-refractivity contribution >= 4 is 63.1 Å². The van der Waals surface area contributed by atoms with Gasteiger partial charge in [-0.15, -0.1) is 0 Å². The first-order valence-corrected chi connectivity index (χ1v) is 13.0. The van der Waals surface area contributed by atoms with Gasteiger partial charge >= 0.3 is 0 Å². The van der Waals surface area contributed by atoms with Crippen molar-refractivity contribution in [3.05, 3.63) is 93.7 Å². The number of imide groups is 1. The van der Waals surface area contributed by atoms with E-state index in [1.165, 1.54) is 24.3 Å². The van der Waals surface area contributed by atoms with Crippen LogP contribution in [0.5, 0.6) is 11.5 Å². The van der Waals surface area contributed by atoms with Crippen molar-refractivity contribution < 1.29 is 28.2 Å². The van der Waals surface area contributed by atoms with Crippen molar-refractivity contribution in [2.24, 2.45) is 0 Å². The van der Waals surface area contributed by atoms with Crippen molar-refractivity contribution in [3.8, 4) is 11.5 Å². The van der Waals surface area contributed by atoms with Crippen LogP contribution in [0.4, 0.5) is 14.9 Å². The lowest BCUT2D eigenvalue weighted by molar-refractivity contribution is -0.123. The highest BCUT2D eigenvalue weighted by atomic mass is 35.5. The Morgan fingerprint density at radius 2 is 1.82 bits per heavy atom. The lowest BCUT2D eigenvalue weighted by Crippen LogP contribution is -2.27. The van der Waals surface area contributed by atoms with E-state index in [4.69, 9.17) is 21.1 Å². The molecule has 6 rings (SSSR count). The summed E-state index contributed by atoms with van der Waals surface area (Å²) < 4.78 is 25.6. The first kappa shape index (κ1) is 25.0. The van der Waals surface area contributed by atoms with Crippen LogP contribution in [0.25, 0.3) is 17.0 Å². The maximum absolute atomic E-state index is 13.2. The fourth-order valence-electron chi connectivity index (χ4n) is 4.44. The molecule has 8 nitrogen and oxygen atoms in total. The quantitative estimate of drug-likeness (QED) is 0.288. The molecule has 39 heavy (non-hydrogen) atoms. The van der Waals surface area contributed by atoms with Gasteiger partial charge < -0.3 is 19.4 Å². The van der Waals surface area contributed by atoms with Gasteiger partial charge in [0.25, 0.3) is 11.1 Å². The minimum Gasteiger partial charge on any atom is -0.454 e. The highest BCUT2D eigenvalue weighted by Gasteiger charge is 2.36. The molecule has 196 valence electrons. The monoisotopic (exact) mass is 563 g/mol. The van der Waals surface area contributed by atoms with E-state index < -0.39 is 17.0 Å². The van der Waals surface area contributed by atoms with Gasteiger partial charge in [0.2, 0.25) is 12.7 Å². The van der Waals surface area contributed by atoms with E-state index in [0.29, 0.717) is 33.3 Å². The Bertz CT molecular complexity index is 1680. The molecule has 0 saturated carbocycles. The van der Waals surface area contributed by atoms with E-state index in [2.05, 4.69) is 5.32 Å². The van der Waals surface area contributed by atoms with Gasteiger partial charge in [0, 0.05) is 39.4 Å². The molecule has 0 spiro atoms. The molecule has 0 aliphatic carbocycles. The van der Waals surface area contributed by atoms with Crippen molar-refractivity contribution in [2.45, 2.75) is 13.1 Å². The highest BCUT2D eigenvalue weighted by molar-refractivity contribution is 8.18. The van der Waals surface area contributed by atoms with Crippen molar-refractivity contribution in [1.29, 1.82) is 0 Å². The van der Waals surface area contributed by atoms with Crippen LogP contribution in [-0.2, 0) is 22.7 Å². The van der Waals surface area contributed by atoms with Gasteiger partial charge in [-0.05, 0) is 59.8 Å². The maximum atomic E-state index is 13.2. The summed E-state index contributed by atoms with van der Waals surface area (Å²) in [5.41, 5.74) is 2.51. The van der Waals surface area contributed by atoms with Crippen LogP contribution in [0.15, 0.2) is 71.8 Å². The standard InChI is InChI=1S/C28H19ClFN3O5S/c29-21-11-24-23(37-15-38-24)9-17(21)13-33-27(35)25(39-28(33)36)10-16-12-32(22-4-2-1-3-20(16)22)14-26(34)31-19-7-5-18(30)6-8-19/h1-12H,13-15H2,(H,31,34)/b25-10-. The number of halogens is 2. The number of nitrogens with one attached hydrogen (secondary N) is 1. The number of carbonyl (C=O) groups is 3. The summed E-state index contributed by atoms with van der Waals surface area (Å²) in [6.45, 7) is 0.0690. The molecule has 0 radical (unpaired) electrons. The first-order chi connectivity index (χ1) is 18.9. The second-order valence-corrected chi connectivity index (χ2v) is 10.2. The summed E-state index contributed by atoms with van der Waals surface area (Å²) in [6.07, 6.45) is 3.42. The van der Waals surface area contributed by atoms with Crippen LogP contribution in [0.3, 0.4) is 0 Å². The normalized spacial score (nSPS) is 15.5. The summed E-state index contributed by atoms with van der Waals surface area (Å²) in [7, 11) is 0. The summed E-state index contributed by atoms with van der Waals surface area (Å²) >= 11 is 7.20. The second kappa shape index (κ2) is 10.1. The third-order valence-electron chi connectivity index (χ3n) is 6.29. The number of hydrogen-bond acceptors (Lipinski definition) is 6. The largest absolute Gasteiger partial charge is 0.454 e. The Balaban J connectivity index is 1.24. The number of nitrogens with zero attached hydrogens (tertiary/aromatic N) is 2. The average molecular weight is 564 g/mol. The summed E-state index contributed by atoms with van der Waals surface area (Å²) in [6, 6.07) is 16.2. The smallest absolute Gasteiger partial charge is 0.293 e. The molecular formula is C28H19ClFN3O5S. The number of para-hydroxylation sites is 1. The van der Waals surface area contributed by atoms with Crippen molar-refractivity contribution in [2.75, 3.05) is 12.1 Å². The molecule has 3 amide bonds. The van der Waals surface area contributed by atoms with E-state index in [-0.39, 0.29) is 30.7 Å². The van der Waals surface area contributed by atoms with Gasteiger partial charge in [0.05, 0.1) is 11.4 Å². The molecule has 4 aromatic rings. The zero-order chi connectivity index (χ0) is 27.1. The number of carbonyl (C=O) groups excluding carboxylic acids is 3. The van der Waals surface area contributed by atoms with E-state index in [9.17, 15) is 18.8 Å². The Kier molecular flexibility index (Phi) is 6.49. The minimum absolute atomic E-state index is 0.00415. The van der Waals surface area contributed by atoms with Gasteiger partial charge in [-0.3, -0.25) is 19.3 Å². The lowest BCUT2D eigenvalue weighted by atomic mass is 10.1. The first-order valence-electron chi connectivity index (χ1n) is 11.8. The number of anilines is 1. The number of benzene rings is 3. The van der Waals surface area contributed by atoms with E-state index in [0.717, 1.165) is 27.6 Å². The zero-order valence-electron chi connectivity index (χ0n) is 20.1. The van der Waals surface area contributed by atoms with Crippen molar-refractivity contribution in [1.82, 2.24) is 9.47 Å². The Labute approximate surface area is 230 Å². The Hall–Kier alpha value is -4.28. The predicted octanol–water partition coefficient (Wildman–Crippen LogP) is 6.04. The third kappa shape index (κ3) is 4.96. The molecular weight excluding hydrogens is 545 g/mol. The summed E-state index contributed by atoms with van der Waals surface area (Å²) in [5.74, 6) is -0.106. The van der Waals surface area contributed by atoms with Gasteiger partial charge in [-0.25, -0.2) is 4.39 Å². The maximum Gasteiger partial charge on any atom is 0.293 e. The second-order valence-electron chi connectivity index (χ2n) is 8.85. The molecule has 1 saturated heterocycles. The van der Waals surface area contributed by atoms with Crippen LogP contribution < -0.4 is 14.8 Å². The predicted molar refractivity (Wildman–Crippen MR) is 146 cm³/mol. The van der Waals surface area contributed by atoms with Gasteiger partial charge in [-0.2, -0.15) is 0 Å². The fraction of sp³-hybridized carbons (Fsp3) is 0.107.